The summed E-state index contributed by atoms with van der Waals surface area (Å²) in [6.45, 7) is 1.72. The van der Waals surface area contributed by atoms with Gasteiger partial charge in [-0.1, -0.05) is 6.42 Å². The summed E-state index contributed by atoms with van der Waals surface area (Å²) in [4.78, 5) is 18.5. The van der Waals surface area contributed by atoms with Gasteiger partial charge in [-0.15, -0.1) is 0 Å². The van der Waals surface area contributed by atoms with Crippen molar-refractivity contribution >= 4 is 15.9 Å². The smallest absolute Gasteiger partial charge is 0.253 e. The molecule has 6 nitrogen and oxygen atoms in total. The maximum Gasteiger partial charge on any atom is 0.253 e. The fraction of sp³-hybridized carbons (Fsp3) is 0.400. The van der Waals surface area contributed by atoms with Crippen molar-refractivity contribution in [1.29, 1.82) is 0 Å². The monoisotopic (exact) mass is 387 g/mol. The number of carbonyl (C=O) groups is 1. The standard InChI is InChI=1S/C20H25N3O3S/c1-22(16-11-17-9-12-21-13-10-17)20(24)18-5-7-19(8-6-18)27(25,26)23-14-3-2-4-15-23/h5-10,12-13H,2-4,11,14-16H2,1H3. The normalized spacial score (nSPS) is 15.4. The van der Waals surface area contributed by atoms with Crippen LogP contribution in [0.25, 0.3) is 0 Å². The van der Waals surface area contributed by atoms with Crippen LogP contribution in [0.1, 0.15) is 35.2 Å². The molecule has 0 saturated carbocycles. The van der Waals surface area contributed by atoms with E-state index in [2.05, 4.69) is 4.98 Å². The Morgan fingerprint density at radius 2 is 1.67 bits per heavy atom. The van der Waals surface area contributed by atoms with Gasteiger partial charge >= 0.3 is 0 Å². The Bertz CT molecular complexity index is 861. The van der Waals surface area contributed by atoms with Crippen LogP contribution in [0.2, 0.25) is 0 Å². The van der Waals surface area contributed by atoms with Crippen molar-refractivity contribution in [2.24, 2.45) is 0 Å². The first-order valence-corrected chi connectivity index (χ1v) is 10.7. The molecule has 0 unspecified atom stereocenters. The van der Waals surface area contributed by atoms with Crippen molar-refractivity contribution < 1.29 is 13.2 Å². The second-order valence-corrected chi connectivity index (χ2v) is 8.76. The summed E-state index contributed by atoms with van der Waals surface area (Å²) in [7, 11) is -1.72. The van der Waals surface area contributed by atoms with E-state index in [0.29, 0.717) is 25.2 Å². The van der Waals surface area contributed by atoms with Gasteiger partial charge in [-0.3, -0.25) is 9.78 Å². The van der Waals surface area contributed by atoms with Crippen LogP contribution in [0.15, 0.2) is 53.7 Å². The predicted molar refractivity (Wildman–Crippen MR) is 104 cm³/mol. The first-order chi connectivity index (χ1) is 13.0. The molecule has 1 aromatic carbocycles. The van der Waals surface area contributed by atoms with Gasteiger partial charge < -0.3 is 4.90 Å². The highest BCUT2D eigenvalue weighted by Crippen LogP contribution is 2.21. The zero-order chi connectivity index (χ0) is 19.3. The summed E-state index contributed by atoms with van der Waals surface area (Å²) in [6.07, 6.45) is 7.09. The van der Waals surface area contributed by atoms with Gasteiger partial charge in [0.2, 0.25) is 10.0 Å². The lowest BCUT2D eigenvalue weighted by Gasteiger charge is -2.26. The third-order valence-corrected chi connectivity index (χ3v) is 6.80. The summed E-state index contributed by atoms with van der Waals surface area (Å²) in [5, 5.41) is 0. The zero-order valence-electron chi connectivity index (χ0n) is 15.5. The zero-order valence-corrected chi connectivity index (χ0v) is 16.4. The predicted octanol–water partition coefficient (Wildman–Crippen LogP) is 2.57. The van der Waals surface area contributed by atoms with Crippen LogP contribution >= 0.6 is 0 Å². The van der Waals surface area contributed by atoms with Crippen molar-refractivity contribution in [2.45, 2.75) is 30.6 Å². The Morgan fingerprint density at radius 3 is 2.30 bits per heavy atom. The van der Waals surface area contributed by atoms with Gasteiger partial charge in [0, 0.05) is 44.6 Å². The minimum Gasteiger partial charge on any atom is -0.341 e. The van der Waals surface area contributed by atoms with E-state index in [1.807, 2.05) is 12.1 Å². The van der Waals surface area contributed by atoms with Crippen LogP contribution < -0.4 is 0 Å². The number of nitrogens with zero attached hydrogens (tertiary/aromatic N) is 3. The van der Waals surface area contributed by atoms with E-state index in [1.165, 1.54) is 16.4 Å². The molecular formula is C20H25N3O3S. The van der Waals surface area contributed by atoms with Gasteiger partial charge in [0.1, 0.15) is 0 Å². The number of benzene rings is 1. The molecule has 7 heteroatoms. The molecule has 3 rings (SSSR count). The number of hydrogen-bond acceptors (Lipinski definition) is 4. The molecule has 144 valence electrons. The molecule has 1 aliphatic rings. The maximum absolute atomic E-state index is 12.7. The molecule has 0 spiro atoms. The Hall–Kier alpha value is -2.25. The molecule has 1 amide bonds. The number of pyridine rings is 1. The molecule has 0 atom stereocenters. The summed E-state index contributed by atoms with van der Waals surface area (Å²) in [6, 6.07) is 10.1. The van der Waals surface area contributed by atoms with Crippen molar-refractivity contribution in [1.82, 2.24) is 14.2 Å². The SMILES string of the molecule is CN(CCc1ccncc1)C(=O)c1ccc(S(=O)(=O)N2CCCCC2)cc1. The first-order valence-electron chi connectivity index (χ1n) is 9.23. The molecular weight excluding hydrogens is 362 g/mol. The van der Waals surface area contributed by atoms with Crippen molar-refractivity contribution in [3.05, 3.63) is 59.9 Å². The van der Waals surface area contributed by atoms with Crippen LogP contribution in [0, 0.1) is 0 Å². The number of sulfonamides is 1. The van der Waals surface area contributed by atoms with E-state index < -0.39 is 10.0 Å². The van der Waals surface area contributed by atoms with Crippen molar-refractivity contribution in [3.63, 3.8) is 0 Å². The molecule has 0 bridgehead atoms. The number of piperidine rings is 1. The fourth-order valence-corrected chi connectivity index (χ4v) is 4.71. The molecule has 0 radical (unpaired) electrons. The van der Waals surface area contributed by atoms with Gasteiger partial charge in [-0.25, -0.2) is 8.42 Å². The Labute approximate surface area is 160 Å². The van der Waals surface area contributed by atoms with Gasteiger partial charge in [-0.2, -0.15) is 4.31 Å². The Balaban J connectivity index is 1.64. The third-order valence-electron chi connectivity index (χ3n) is 4.89. The van der Waals surface area contributed by atoms with Crippen LogP contribution in [0.4, 0.5) is 0 Å². The third kappa shape index (κ3) is 4.73. The largest absolute Gasteiger partial charge is 0.341 e. The van der Waals surface area contributed by atoms with Crippen molar-refractivity contribution in [3.8, 4) is 0 Å². The first kappa shape index (κ1) is 19.5. The number of likely N-dealkylation sites (N-methyl/N-ethyl adjacent to an activating group) is 1. The maximum atomic E-state index is 12.7. The quantitative estimate of drug-likeness (QED) is 0.764. The highest BCUT2D eigenvalue weighted by atomic mass is 32.2. The van der Waals surface area contributed by atoms with E-state index in [-0.39, 0.29) is 10.8 Å². The van der Waals surface area contributed by atoms with Crippen LogP contribution in [0.3, 0.4) is 0 Å². The lowest BCUT2D eigenvalue weighted by molar-refractivity contribution is 0.0796. The van der Waals surface area contributed by atoms with Crippen molar-refractivity contribution in [2.75, 3.05) is 26.7 Å². The minimum absolute atomic E-state index is 0.119. The number of rotatable bonds is 6. The molecule has 1 aliphatic heterocycles. The summed E-state index contributed by atoms with van der Waals surface area (Å²) in [5.74, 6) is -0.119. The molecule has 0 N–H and O–H groups in total. The average Bonchev–Trinajstić information content (AvgIpc) is 2.73. The second kappa shape index (κ2) is 8.63. The van der Waals surface area contributed by atoms with Crippen LogP contribution in [-0.2, 0) is 16.4 Å². The summed E-state index contributed by atoms with van der Waals surface area (Å²) >= 11 is 0. The fourth-order valence-electron chi connectivity index (χ4n) is 3.19. The second-order valence-electron chi connectivity index (χ2n) is 6.82. The highest BCUT2D eigenvalue weighted by Gasteiger charge is 2.26. The van der Waals surface area contributed by atoms with E-state index in [4.69, 9.17) is 0 Å². The lowest BCUT2D eigenvalue weighted by atomic mass is 10.1. The number of aromatic nitrogens is 1. The molecule has 2 heterocycles. The van der Waals surface area contributed by atoms with Gasteiger partial charge in [0.15, 0.2) is 0 Å². The van der Waals surface area contributed by atoms with Crippen LogP contribution in [-0.4, -0.2) is 55.2 Å². The lowest BCUT2D eigenvalue weighted by Crippen LogP contribution is -2.35. The van der Waals surface area contributed by atoms with E-state index in [9.17, 15) is 13.2 Å². The van der Waals surface area contributed by atoms with E-state index in [0.717, 1.165) is 31.2 Å². The topological polar surface area (TPSA) is 70.6 Å². The summed E-state index contributed by atoms with van der Waals surface area (Å²) < 4.78 is 26.9. The average molecular weight is 388 g/mol. The van der Waals surface area contributed by atoms with Gasteiger partial charge in [-0.05, 0) is 61.2 Å². The highest BCUT2D eigenvalue weighted by molar-refractivity contribution is 7.89. The molecule has 1 fully saturated rings. The Morgan fingerprint density at radius 1 is 1.04 bits per heavy atom. The van der Waals surface area contributed by atoms with E-state index >= 15 is 0 Å². The van der Waals surface area contributed by atoms with Crippen LogP contribution in [0.5, 0.6) is 0 Å². The molecule has 0 aliphatic carbocycles. The summed E-state index contributed by atoms with van der Waals surface area (Å²) in [5.41, 5.74) is 1.61. The Kier molecular flexibility index (Phi) is 6.23. The number of amides is 1. The minimum atomic E-state index is -3.47. The van der Waals surface area contributed by atoms with Gasteiger partial charge in [0.25, 0.3) is 5.91 Å². The molecule has 27 heavy (non-hydrogen) atoms. The molecule has 1 aromatic heterocycles. The molecule has 2 aromatic rings. The van der Waals surface area contributed by atoms with Gasteiger partial charge in [0.05, 0.1) is 4.90 Å². The molecule has 1 saturated heterocycles. The number of hydrogen-bond donors (Lipinski definition) is 0. The number of carbonyl (C=O) groups excluding carboxylic acids is 1. The van der Waals surface area contributed by atoms with E-state index in [1.54, 1.807) is 36.5 Å².